The van der Waals surface area contributed by atoms with Crippen molar-refractivity contribution >= 4 is 17.5 Å². The molecule has 1 atom stereocenters. The number of hydrogen-bond donors (Lipinski definition) is 0. The van der Waals surface area contributed by atoms with Gasteiger partial charge >= 0.3 is 0 Å². The van der Waals surface area contributed by atoms with Gasteiger partial charge in [-0.2, -0.15) is 0 Å². The SMILES string of the molecule is CC(c1nnn(-c2cccc(Cl)c2)n1)N1CCCn2c(-c3cccnc3)nnc21. The standard InChI is InChI=1S/C19H18ClN9/c1-13(17-22-26-29(25-17)16-7-2-6-15(20)11-16)27-9-4-10-28-18(23-24-19(27)28)14-5-3-8-21-12-14/h2-3,5-8,11-13H,4,9-10H2,1H3. The van der Waals surface area contributed by atoms with E-state index < -0.39 is 0 Å². The summed E-state index contributed by atoms with van der Waals surface area (Å²) < 4.78 is 2.12. The Morgan fingerprint density at radius 3 is 2.83 bits per heavy atom. The van der Waals surface area contributed by atoms with Gasteiger partial charge in [-0.3, -0.25) is 9.55 Å². The summed E-state index contributed by atoms with van der Waals surface area (Å²) in [6, 6.07) is 11.1. The number of benzene rings is 1. The molecule has 0 radical (unpaired) electrons. The van der Waals surface area contributed by atoms with Crippen molar-refractivity contribution in [3.8, 4) is 17.1 Å². The van der Waals surface area contributed by atoms with Crippen molar-refractivity contribution < 1.29 is 0 Å². The fraction of sp³-hybridized carbons (Fsp3) is 0.263. The van der Waals surface area contributed by atoms with Crippen LogP contribution in [0, 0.1) is 0 Å². The molecule has 0 bridgehead atoms. The van der Waals surface area contributed by atoms with E-state index in [1.165, 1.54) is 4.80 Å². The van der Waals surface area contributed by atoms with E-state index in [1.807, 2.05) is 37.3 Å². The van der Waals surface area contributed by atoms with Gasteiger partial charge in [-0.25, -0.2) is 0 Å². The summed E-state index contributed by atoms with van der Waals surface area (Å²) >= 11 is 6.07. The Labute approximate surface area is 172 Å². The molecule has 3 aromatic heterocycles. The van der Waals surface area contributed by atoms with E-state index in [-0.39, 0.29) is 6.04 Å². The van der Waals surface area contributed by atoms with Crippen molar-refractivity contribution in [2.24, 2.45) is 0 Å². The van der Waals surface area contributed by atoms with E-state index in [0.29, 0.717) is 10.8 Å². The van der Waals surface area contributed by atoms with Crippen LogP contribution in [0.15, 0.2) is 48.8 Å². The molecule has 29 heavy (non-hydrogen) atoms. The lowest BCUT2D eigenvalue weighted by molar-refractivity contribution is 0.510. The highest BCUT2D eigenvalue weighted by molar-refractivity contribution is 6.30. The van der Waals surface area contributed by atoms with E-state index in [2.05, 4.69) is 40.1 Å². The lowest BCUT2D eigenvalue weighted by Gasteiger charge is -2.32. The first-order chi connectivity index (χ1) is 14.2. The van der Waals surface area contributed by atoms with Crippen LogP contribution in [0.2, 0.25) is 5.02 Å². The van der Waals surface area contributed by atoms with Gasteiger partial charge in [-0.05, 0) is 48.9 Å². The van der Waals surface area contributed by atoms with Gasteiger partial charge in [0.25, 0.3) is 0 Å². The summed E-state index contributed by atoms with van der Waals surface area (Å²) in [5, 5.41) is 22.5. The van der Waals surface area contributed by atoms with E-state index in [9.17, 15) is 0 Å². The maximum atomic E-state index is 6.07. The summed E-state index contributed by atoms with van der Waals surface area (Å²) in [6.45, 7) is 3.75. The number of aromatic nitrogens is 8. The molecular weight excluding hydrogens is 390 g/mol. The Morgan fingerprint density at radius 1 is 1.07 bits per heavy atom. The maximum absolute atomic E-state index is 6.07. The molecule has 0 amide bonds. The molecule has 5 rings (SSSR count). The zero-order valence-corrected chi connectivity index (χ0v) is 16.5. The van der Waals surface area contributed by atoms with Crippen molar-refractivity contribution in [3.05, 3.63) is 59.6 Å². The Hall–Kier alpha value is -3.33. The van der Waals surface area contributed by atoms with Crippen LogP contribution in [0.4, 0.5) is 5.95 Å². The molecule has 0 spiro atoms. The number of anilines is 1. The van der Waals surface area contributed by atoms with Gasteiger partial charge in [0.15, 0.2) is 11.6 Å². The lowest BCUT2D eigenvalue weighted by Crippen LogP contribution is -2.35. The molecule has 4 heterocycles. The van der Waals surface area contributed by atoms with Crippen LogP contribution < -0.4 is 4.90 Å². The summed E-state index contributed by atoms with van der Waals surface area (Å²) in [5.41, 5.74) is 1.72. The Bertz CT molecular complexity index is 1140. The molecule has 9 nitrogen and oxygen atoms in total. The zero-order chi connectivity index (χ0) is 19.8. The number of tetrazole rings is 1. The number of halogens is 1. The van der Waals surface area contributed by atoms with Gasteiger partial charge < -0.3 is 4.90 Å². The van der Waals surface area contributed by atoms with Gasteiger partial charge in [-0.15, -0.1) is 25.2 Å². The van der Waals surface area contributed by atoms with Gasteiger partial charge in [0.05, 0.1) is 11.7 Å². The van der Waals surface area contributed by atoms with Crippen LogP contribution in [0.3, 0.4) is 0 Å². The minimum Gasteiger partial charge on any atom is -0.331 e. The molecule has 1 aliphatic heterocycles. The second-order valence-corrected chi connectivity index (χ2v) is 7.29. The fourth-order valence-corrected chi connectivity index (χ4v) is 3.71. The monoisotopic (exact) mass is 407 g/mol. The highest BCUT2D eigenvalue weighted by Crippen LogP contribution is 2.31. The Balaban J connectivity index is 1.45. The minimum atomic E-state index is -0.104. The van der Waals surface area contributed by atoms with Crippen molar-refractivity contribution in [2.45, 2.75) is 25.9 Å². The van der Waals surface area contributed by atoms with Crippen LogP contribution in [-0.2, 0) is 6.54 Å². The molecule has 0 saturated carbocycles. The summed E-state index contributed by atoms with van der Waals surface area (Å²) in [7, 11) is 0. The van der Waals surface area contributed by atoms with Crippen molar-refractivity contribution in [2.75, 3.05) is 11.4 Å². The first-order valence-corrected chi connectivity index (χ1v) is 9.74. The number of hydrogen-bond acceptors (Lipinski definition) is 7. The third-order valence-electron chi connectivity index (χ3n) is 5.00. The molecule has 0 N–H and O–H groups in total. The molecule has 146 valence electrons. The first kappa shape index (κ1) is 17.7. The Kier molecular flexibility index (Phi) is 4.44. The average Bonchev–Trinajstić information content (AvgIpc) is 3.41. The second kappa shape index (κ2) is 7.25. The average molecular weight is 408 g/mol. The highest BCUT2D eigenvalue weighted by atomic mass is 35.5. The van der Waals surface area contributed by atoms with E-state index in [1.54, 1.807) is 18.5 Å². The van der Waals surface area contributed by atoms with Crippen molar-refractivity contribution in [1.29, 1.82) is 0 Å². The van der Waals surface area contributed by atoms with Gasteiger partial charge in [0.2, 0.25) is 5.95 Å². The number of fused-ring (bicyclic) bond motifs is 1. The van der Waals surface area contributed by atoms with E-state index >= 15 is 0 Å². The molecule has 1 aromatic carbocycles. The molecule has 1 unspecified atom stereocenters. The zero-order valence-electron chi connectivity index (χ0n) is 15.7. The number of pyridine rings is 1. The van der Waals surface area contributed by atoms with Crippen LogP contribution in [0.25, 0.3) is 17.1 Å². The maximum Gasteiger partial charge on any atom is 0.228 e. The minimum absolute atomic E-state index is 0.104. The topological polar surface area (TPSA) is 90.4 Å². The van der Waals surface area contributed by atoms with Gasteiger partial charge in [0.1, 0.15) is 0 Å². The predicted octanol–water partition coefficient (Wildman–Crippen LogP) is 2.94. The molecular formula is C19H18ClN9. The van der Waals surface area contributed by atoms with Crippen LogP contribution in [-0.4, -0.2) is 46.5 Å². The van der Waals surface area contributed by atoms with Crippen LogP contribution >= 0.6 is 11.6 Å². The largest absolute Gasteiger partial charge is 0.331 e. The third kappa shape index (κ3) is 3.23. The van der Waals surface area contributed by atoms with Crippen LogP contribution in [0.1, 0.15) is 25.2 Å². The number of nitrogens with zero attached hydrogens (tertiary/aromatic N) is 9. The summed E-state index contributed by atoms with van der Waals surface area (Å²) in [5.74, 6) is 2.24. The smallest absolute Gasteiger partial charge is 0.228 e. The summed E-state index contributed by atoms with van der Waals surface area (Å²) in [6.07, 6.45) is 4.53. The normalized spacial score (nSPS) is 14.6. The molecule has 0 fully saturated rings. The Morgan fingerprint density at radius 2 is 2.00 bits per heavy atom. The molecule has 1 aliphatic rings. The molecule has 10 heteroatoms. The predicted molar refractivity (Wildman–Crippen MR) is 108 cm³/mol. The number of rotatable bonds is 4. The van der Waals surface area contributed by atoms with E-state index in [0.717, 1.165) is 42.5 Å². The van der Waals surface area contributed by atoms with E-state index in [4.69, 9.17) is 11.6 Å². The first-order valence-electron chi connectivity index (χ1n) is 9.37. The lowest BCUT2D eigenvalue weighted by atomic mass is 10.2. The molecule has 0 saturated heterocycles. The second-order valence-electron chi connectivity index (χ2n) is 6.86. The van der Waals surface area contributed by atoms with Gasteiger partial charge in [-0.1, -0.05) is 17.7 Å². The van der Waals surface area contributed by atoms with Crippen molar-refractivity contribution in [3.63, 3.8) is 0 Å². The molecule has 0 aliphatic carbocycles. The summed E-state index contributed by atoms with van der Waals surface area (Å²) in [4.78, 5) is 7.85. The van der Waals surface area contributed by atoms with Gasteiger partial charge in [0, 0.05) is 36.1 Å². The fourth-order valence-electron chi connectivity index (χ4n) is 3.53. The quantitative estimate of drug-likeness (QED) is 0.513. The van der Waals surface area contributed by atoms with Crippen LogP contribution in [0.5, 0.6) is 0 Å². The third-order valence-corrected chi connectivity index (χ3v) is 5.23. The molecule has 4 aromatic rings. The highest BCUT2D eigenvalue weighted by Gasteiger charge is 2.29. The van der Waals surface area contributed by atoms with Crippen molar-refractivity contribution in [1.82, 2.24) is 40.0 Å².